The van der Waals surface area contributed by atoms with Crippen LogP contribution in [0.3, 0.4) is 0 Å². The molecule has 4 N–H and O–H groups in total. The molecule has 3 aromatic heterocycles. The molecule has 11 nitrogen and oxygen atoms in total. The Morgan fingerprint density at radius 2 is 1.88 bits per heavy atom. The number of nitrogens with zero attached hydrogens (tertiary/aromatic N) is 5. The summed E-state index contributed by atoms with van der Waals surface area (Å²) >= 11 is 1.22. The number of fused-ring (bicyclic) bond motifs is 1. The van der Waals surface area contributed by atoms with Crippen LogP contribution in [0.4, 0.5) is 29.0 Å². The number of hydrogen-bond acceptors (Lipinski definition) is 11. The Balaban J connectivity index is 1.45. The van der Waals surface area contributed by atoms with Crippen LogP contribution in [-0.2, 0) is 5.60 Å². The molecule has 0 unspecified atom stereocenters. The molecule has 0 atom stereocenters. The van der Waals surface area contributed by atoms with Gasteiger partial charge in [0.05, 0.1) is 29.4 Å². The molecule has 0 saturated carbocycles. The first-order valence-electron chi connectivity index (χ1n) is 13.4. The van der Waals surface area contributed by atoms with Crippen LogP contribution in [0.25, 0.3) is 10.2 Å². The van der Waals surface area contributed by atoms with E-state index in [1.807, 2.05) is 18.2 Å². The summed E-state index contributed by atoms with van der Waals surface area (Å²) in [6, 6.07) is 11.7. The Kier molecular flexibility index (Phi) is 7.98. The number of methoxy groups -OCH3 is 1. The minimum Gasteiger partial charge on any atom is -0.495 e. The quantitative estimate of drug-likeness (QED) is 0.213. The summed E-state index contributed by atoms with van der Waals surface area (Å²) in [4.78, 5) is 30.9. The summed E-state index contributed by atoms with van der Waals surface area (Å²) in [7, 11) is 5.92. The van der Waals surface area contributed by atoms with Crippen molar-refractivity contribution in [2.45, 2.75) is 38.3 Å². The minimum absolute atomic E-state index is 0.0988. The molecular weight excluding hydrogens is 542 g/mol. The van der Waals surface area contributed by atoms with Gasteiger partial charge in [-0.2, -0.15) is 4.98 Å². The first-order chi connectivity index (χ1) is 19.5. The van der Waals surface area contributed by atoms with Crippen LogP contribution in [0.1, 0.15) is 42.7 Å². The van der Waals surface area contributed by atoms with E-state index >= 15 is 0 Å². The average molecular weight is 578 g/mol. The molecule has 1 saturated heterocycles. The van der Waals surface area contributed by atoms with Crippen molar-refractivity contribution in [3.63, 3.8) is 0 Å². The molecular formula is C29H35N7O4S. The van der Waals surface area contributed by atoms with E-state index in [-0.39, 0.29) is 5.56 Å². The van der Waals surface area contributed by atoms with Gasteiger partial charge in [-0.3, -0.25) is 0 Å². The zero-order valence-corrected chi connectivity index (χ0v) is 24.6. The zero-order chi connectivity index (χ0) is 29.3. The van der Waals surface area contributed by atoms with E-state index < -0.39 is 11.6 Å². The number of piperidine rings is 1. The molecule has 0 amide bonds. The Labute approximate surface area is 242 Å². The van der Waals surface area contributed by atoms with Crippen molar-refractivity contribution >= 4 is 56.5 Å². The van der Waals surface area contributed by atoms with E-state index in [4.69, 9.17) is 4.74 Å². The van der Waals surface area contributed by atoms with E-state index in [0.717, 1.165) is 43.1 Å². The number of aromatic nitrogens is 3. The van der Waals surface area contributed by atoms with Crippen molar-refractivity contribution in [3.8, 4) is 5.75 Å². The third kappa shape index (κ3) is 6.19. The molecule has 0 radical (unpaired) electrons. The van der Waals surface area contributed by atoms with Crippen LogP contribution in [0.15, 0.2) is 41.8 Å². The monoisotopic (exact) mass is 577 g/mol. The smallest absolute Gasteiger partial charge is 0.337 e. The topological polar surface area (TPSA) is 136 Å². The molecule has 1 aliphatic rings. The number of benzene rings is 1. The summed E-state index contributed by atoms with van der Waals surface area (Å²) in [5.74, 6) is 0.677. The molecule has 1 aliphatic heterocycles. The van der Waals surface area contributed by atoms with Gasteiger partial charge in [0.1, 0.15) is 27.8 Å². The van der Waals surface area contributed by atoms with Gasteiger partial charge in [-0.05, 0) is 65.0 Å². The van der Waals surface area contributed by atoms with Crippen LogP contribution >= 0.6 is 11.3 Å². The summed E-state index contributed by atoms with van der Waals surface area (Å²) in [5, 5.41) is 28.5. The Bertz CT molecular complexity index is 1560. The van der Waals surface area contributed by atoms with E-state index in [0.29, 0.717) is 39.5 Å². The molecule has 1 aromatic carbocycles. The molecule has 0 aliphatic carbocycles. The van der Waals surface area contributed by atoms with Crippen molar-refractivity contribution in [2.24, 2.45) is 0 Å². The van der Waals surface area contributed by atoms with Crippen molar-refractivity contribution in [1.29, 1.82) is 0 Å². The molecule has 0 spiro atoms. The molecule has 4 aromatic rings. The van der Waals surface area contributed by atoms with E-state index in [2.05, 4.69) is 49.5 Å². The van der Waals surface area contributed by atoms with Gasteiger partial charge in [0.25, 0.3) is 0 Å². The second-order valence-corrected chi connectivity index (χ2v) is 11.7. The number of carboxylic acids is 1. The number of rotatable bonds is 9. The zero-order valence-electron chi connectivity index (χ0n) is 23.8. The van der Waals surface area contributed by atoms with Crippen LogP contribution < -0.4 is 20.3 Å². The fraction of sp³-hybridized carbons (Fsp3) is 0.379. The Morgan fingerprint density at radius 1 is 1.12 bits per heavy atom. The van der Waals surface area contributed by atoms with Gasteiger partial charge in [0, 0.05) is 36.3 Å². The van der Waals surface area contributed by atoms with Crippen LogP contribution in [0.2, 0.25) is 0 Å². The second kappa shape index (κ2) is 11.5. The second-order valence-electron chi connectivity index (χ2n) is 10.8. The van der Waals surface area contributed by atoms with Gasteiger partial charge in [-0.15, -0.1) is 11.3 Å². The SMILES string of the molecule is COc1cc(Nc2nc(Nc3cccc(C(C)(C)O)n3)c3c(C(=O)O)csc3n2)ccc1N1CCC(N(C)C)CC1. The van der Waals surface area contributed by atoms with Crippen molar-refractivity contribution in [2.75, 3.05) is 49.8 Å². The molecule has 41 heavy (non-hydrogen) atoms. The predicted molar refractivity (Wildman–Crippen MR) is 162 cm³/mol. The van der Waals surface area contributed by atoms with E-state index in [9.17, 15) is 15.0 Å². The molecule has 5 rings (SSSR count). The number of hydrogen-bond donors (Lipinski definition) is 4. The lowest BCUT2D eigenvalue weighted by molar-refractivity contribution is 0.0698. The summed E-state index contributed by atoms with van der Waals surface area (Å²) in [5.41, 5.74) is 1.19. The maximum atomic E-state index is 12.0. The number of ether oxygens (including phenoxy) is 1. The van der Waals surface area contributed by atoms with Gasteiger partial charge >= 0.3 is 5.97 Å². The number of aromatic carboxylic acids is 1. The molecule has 1 fully saturated rings. The largest absolute Gasteiger partial charge is 0.495 e. The highest BCUT2D eigenvalue weighted by molar-refractivity contribution is 7.17. The number of pyridine rings is 1. The van der Waals surface area contributed by atoms with Crippen molar-refractivity contribution < 1.29 is 19.7 Å². The molecule has 0 bridgehead atoms. The number of nitrogens with one attached hydrogen (secondary N) is 2. The fourth-order valence-electron chi connectivity index (χ4n) is 4.98. The van der Waals surface area contributed by atoms with Crippen LogP contribution in [-0.4, -0.2) is 76.4 Å². The van der Waals surface area contributed by atoms with E-state index in [1.165, 1.54) is 11.3 Å². The van der Waals surface area contributed by atoms with Crippen LogP contribution in [0.5, 0.6) is 5.75 Å². The highest BCUT2D eigenvalue weighted by Crippen LogP contribution is 2.36. The maximum Gasteiger partial charge on any atom is 0.337 e. The van der Waals surface area contributed by atoms with Crippen molar-refractivity contribution in [1.82, 2.24) is 19.9 Å². The van der Waals surface area contributed by atoms with Gasteiger partial charge < -0.3 is 35.4 Å². The number of thiophene rings is 1. The highest BCUT2D eigenvalue weighted by atomic mass is 32.1. The van der Waals surface area contributed by atoms with E-state index in [1.54, 1.807) is 44.5 Å². The third-order valence-electron chi connectivity index (χ3n) is 7.26. The number of carbonyl (C=O) groups is 1. The summed E-state index contributed by atoms with van der Waals surface area (Å²) in [6.07, 6.45) is 2.18. The molecule has 12 heteroatoms. The number of aliphatic hydroxyl groups is 1. The van der Waals surface area contributed by atoms with Crippen molar-refractivity contribution in [3.05, 3.63) is 53.0 Å². The first kappa shape index (κ1) is 28.5. The lowest BCUT2D eigenvalue weighted by Gasteiger charge is -2.37. The summed E-state index contributed by atoms with van der Waals surface area (Å²) < 4.78 is 5.76. The van der Waals surface area contributed by atoms with Crippen LogP contribution in [0, 0.1) is 0 Å². The third-order valence-corrected chi connectivity index (χ3v) is 8.13. The fourth-order valence-corrected chi connectivity index (χ4v) is 5.89. The lowest BCUT2D eigenvalue weighted by atomic mass is 10.0. The Morgan fingerprint density at radius 3 is 2.54 bits per heavy atom. The van der Waals surface area contributed by atoms with Gasteiger partial charge in [0.15, 0.2) is 0 Å². The standard InChI is InChI=1S/C29H35N7O4S/c1-29(2,39)22-7-6-8-23(31-22)32-25-24-19(27(37)38)16-41-26(24)34-28(33-25)30-17-9-10-20(21(15-17)40-5)36-13-11-18(12-14-36)35(3)4/h6-10,15-16,18,39H,11-14H2,1-5H3,(H,37,38)(H2,30,31,32,33,34). The predicted octanol–water partition coefficient (Wildman–Crippen LogP) is 5.04. The number of anilines is 5. The minimum atomic E-state index is -1.15. The maximum absolute atomic E-state index is 12.0. The van der Waals surface area contributed by atoms with Gasteiger partial charge in [0.2, 0.25) is 5.95 Å². The lowest BCUT2D eigenvalue weighted by Crippen LogP contribution is -2.42. The summed E-state index contributed by atoms with van der Waals surface area (Å²) in [6.45, 7) is 5.20. The molecule has 4 heterocycles. The Hall–Kier alpha value is -4.00. The first-order valence-corrected chi connectivity index (χ1v) is 14.3. The molecule has 216 valence electrons. The normalized spacial score (nSPS) is 14.5. The number of carboxylic acid groups (broad SMARTS) is 1. The van der Waals surface area contributed by atoms with Gasteiger partial charge in [-0.1, -0.05) is 6.07 Å². The highest BCUT2D eigenvalue weighted by Gasteiger charge is 2.24. The average Bonchev–Trinajstić information content (AvgIpc) is 3.37. The van der Waals surface area contributed by atoms with Gasteiger partial charge in [-0.25, -0.2) is 14.8 Å².